The highest BCUT2D eigenvalue weighted by molar-refractivity contribution is 7.94. The number of aliphatic hydroxyl groups excluding tert-OH is 1. The molecule has 3 aromatic rings. The summed E-state index contributed by atoms with van der Waals surface area (Å²) in [6, 6.07) is 30.1. The first kappa shape index (κ1) is 23.5. The summed E-state index contributed by atoms with van der Waals surface area (Å²) in [5, 5.41) is 12.6. The van der Waals surface area contributed by atoms with E-state index in [4.69, 9.17) is 4.03 Å². The summed E-state index contributed by atoms with van der Waals surface area (Å²) in [6.45, 7) is 8.51. The Morgan fingerprint density at radius 3 is 1.65 bits per heavy atom. The van der Waals surface area contributed by atoms with Crippen molar-refractivity contribution in [3.8, 4) is 0 Å². The lowest BCUT2D eigenvalue weighted by atomic mass is 10.2. The fraction of sp³-hybridized carbons (Fsp3) is 0.308. The van der Waals surface area contributed by atoms with Gasteiger partial charge in [0.05, 0.1) is 21.6 Å². The number of hydrogen-bond acceptors (Lipinski definition) is 3. The Morgan fingerprint density at radius 2 is 1.26 bits per heavy atom. The Bertz CT molecular complexity index is 1050. The average Bonchev–Trinajstić information content (AvgIpc) is 2.78. The predicted molar refractivity (Wildman–Crippen MR) is 134 cm³/mol. The summed E-state index contributed by atoms with van der Waals surface area (Å²) in [7, 11) is -5.79. The Kier molecular flexibility index (Phi) is 7.19. The van der Waals surface area contributed by atoms with E-state index >= 15 is 0 Å². The van der Waals surface area contributed by atoms with Crippen molar-refractivity contribution in [1.82, 2.24) is 0 Å². The maximum absolute atomic E-state index is 14.7. The fourth-order valence-electron chi connectivity index (χ4n) is 4.05. The number of nitrogens with zero attached hydrogens (tertiary/aromatic N) is 1. The molecule has 0 aromatic heterocycles. The molecule has 3 aromatic carbocycles. The molecule has 0 heterocycles. The van der Waals surface area contributed by atoms with Crippen LogP contribution in [0.25, 0.3) is 0 Å². The van der Waals surface area contributed by atoms with Crippen LogP contribution < -0.4 is 10.4 Å². The zero-order chi connectivity index (χ0) is 22.5. The van der Waals surface area contributed by atoms with E-state index in [-0.39, 0.29) is 10.8 Å². The second-order valence-electron chi connectivity index (χ2n) is 8.97. The third-order valence-electron chi connectivity index (χ3n) is 5.75. The van der Waals surface area contributed by atoms with Crippen LogP contribution in [-0.4, -0.2) is 29.4 Å². The van der Waals surface area contributed by atoms with Crippen molar-refractivity contribution in [3.63, 3.8) is 0 Å². The quantitative estimate of drug-likeness (QED) is 0.522. The van der Waals surface area contributed by atoms with Crippen molar-refractivity contribution in [2.75, 3.05) is 5.75 Å². The van der Waals surface area contributed by atoms with Gasteiger partial charge >= 0.3 is 0 Å². The smallest absolute Gasteiger partial charge is 0.260 e. The minimum absolute atomic E-state index is 0.137. The SMILES string of the molecule is CC[C@H](O)C[S@](=O)(=N[Si](c1ccccc1)(c1ccccc1)C(C)(C)C)c1ccccc1. The average molecular weight is 452 g/mol. The van der Waals surface area contributed by atoms with E-state index in [1.165, 1.54) is 0 Å². The maximum Gasteiger partial charge on any atom is 0.260 e. The van der Waals surface area contributed by atoms with Gasteiger partial charge in [-0.1, -0.05) is 107 Å². The molecule has 0 saturated carbocycles. The molecule has 0 unspecified atom stereocenters. The van der Waals surface area contributed by atoms with Crippen LogP contribution in [0.1, 0.15) is 34.1 Å². The topological polar surface area (TPSA) is 49.7 Å². The standard InChI is InChI=1S/C26H33NO2SSi/c1-5-22(28)21-30(29,23-15-9-6-10-16-23)27-31(26(2,3)4,24-17-11-7-12-18-24)25-19-13-8-14-20-25/h6-20,22,28H,5,21H2,1-4H3/t22-,30+/m0/s1. The van der Waals surface area contributed by atoms with Crippen LogP contribution in [-0.2, 0) is 9.73 Å². The van der Waals surface area contributed by atoms with Gasteiger partial charge < -0.3 is 5.11 Å². The first-order valence-electron chi connectivity index (χ1n) is 10.8. The number of hydrogen-bond donors (Lipinski definition) is 1. The van der Waals surface area contributed by atoms with Gasteiger partial charge in [0.25, 0.3) is 8.24 Å². The normalized spacial score (nSPS) is 15.1. The molecule has 1 N–H and O–H groups in total. The molecule has 0 aliphatic carbocycles. The lowest BCUT2D eigenvalue weighted by Crippen LogP contribution is -2.63. The van der Waals surface area contributed by atoms with E-state index in [0.29, 0.717) is 11.3 Å². The van der Waals surface area contributed by atoms with Crippen LogP contribution in [0.3, 0.4) is 0 Å². The van der Waals surface area contributed by atoms with E-state index in [0.717, 1.165) is 10.4 Å². The molecule has 0 fully saturated rings. The van der Waals surface area contributed by atoms with Gasteiger partial charge in [-0.15, -0.1) is 0 Å². The lowest BCUT2D eigenvalue weighted by Gasteiger charge is -2.40. The Morgan fingerprint density at radius 1 is 0.839 bits per heavy atom. The van der Waals surface area contributed by atoms with Crippen LogP contribution in [0.5, 0.6) is 0 Å². The second kappa shape index (κ2) is 9.51. The van der Waals surface area contributed by atoms with Gasteiger partial charge in [0.1, 0.15) is 0 Å². The van der Waals surface area contributed by atoms with Crippen molar-refractivity contribution in [2.24, 2.45) is 4.03 Å². The summed E-state index contributed by atoms with van der Waals surface area (Å²) < 4.78 is 20.1. The monoisotopic (exact) mass is 451 g/mol. The number of benzene rings is 3. The summed E-state index contributed by atoms with van der Waals surface area (Å²) in [4.78, 5) is 0.690. The largest absolute Gasteiger partial charge is 0.392 e. The van der Waals surface area contributed by atoms with Gasteiger partial charge in [-0.3, -0.25) is 4.03 Å². The second-order valence-corrected chi connectivity index (χ2v) is 15.9. The highest BCUT2D eigenvalue weighted by atomic mass is 32.2. The zero-order valence-corrected chi connectivity index (χ0v) is 20.7. The lowest BCUT2D eigenvalue weighted by molar-refractivity contribution is 0.194. The molecule has 0 spiro atoms. The van der Waals surface area contributed by atoms with Crippen LogP contribution >= 0.6 is 0 Å². The summed E-state index contributed by atoms with van der Waals surface area (Å²) in [5.41, 5.74) is 0. The Balaban J connectivity index is 2.45. The number of aliphatic hydroxyl groups is 1. The third kappa shape index (κ3) is 4.84. The molecule has 2 atom stereocenters. The van der Waals surface area contributed by atoms with Crippen LogP contribution in [0.15, 0.2) is 99.9 Å². The van der Waals surface area contributed by atoms with Crippen LogP contribution in [0.4, 0.5) is 0 Å². The maximum atomic E-state index is 14.7. The van der Waals surface area contributed by atoms with E-state index in [2.05, 4.69) is 45.0 Å². The van der Waals surface area contributed by atoms with Crippen molar-refractivity contribution >= 4 is 28.3 Å². The molecule has 0 saturated heterocycles. The molecule has 0 radical (unpaired) electrons. The first-order chi connectivity index (χ1) is 14.7. The molecule has 0 aliphatic heterocycles. The summed E-state index contributed by atoms with van der Waals surface area (Å²) in [6.07, 6.45) is -0.130. The molecule has 3 nitrogen and oxygen atoms in total. The molecule has 0 aliphatic rings. The molecule has 5 heteroatoms. The zero-order valence-electron chi connectivity index (χ0n) is 18.9. The van der Waals surface area contributed by atoms with Crippen molar-refractivity contribution in [2.45, 2.75) is 50.2 Å². The van der Waals surface area contributed by atoms with E-state index in [1.807, 2.05) is 73.7 Å². The van der Waals surface area contributed by atoms with Crippen LogP contribution in [0.2, 0.25) is 5.04 Å². The van der Waals surface area contributed by atoms with Crippen LogP contribution in [0, 0.1) is 0 Å². The molecule has 3 rings (SSSR count). The highest BCUT2D eigenvalue weighted by Crippen LogP contribution is 2.38. The predicted octanol–water partition coefficient (Wildman–Crippen LogP) is 4.84. The van der Waals surface area contributed by atoms with E-state index in [9.17, 15) is 9.32 Å². The molecular weight excluding hydrogens is 418 g/mol. The molecular formula is C26H33NO2SSi. The minimum atomic E-state index is -2.91. The fourth-order valence-corrected chi connectivity index (χ4v) is 13.4. The van der Waals surface area contributed by atoms with Gasteiger partial charge in [0.2, 0.25) is 0 Å². The van der Waals surface area contributed by atoms with Crippen molar-refractivity contribution in [1.29, 1.82) is 0 Å². The third-order valence-corrected chi connectivity index (χ3v) is 14.4. The molecule has 31 heavy (non-hydrogen) atoms. The summed E-state index contributed by atoms with van der Waals surface area (Å²) in [5.74, 6) is 0.137. The Hall–Kier alpha value is -2.21. The molecule has 0 amide bonds. The minimum Gasteiger partial charge on any atom is -0.392 e. The van der Waals surface area contributed by atoms with Crippen molar-refractivity contribution < 1.29 is 9.32 Å². The first-order valence-corrected chi connectivity index (χ1v) is 14.5. The van der Waals surface area contributed by atoms with E-state index in [1.54, 1.807) is 0 Å². The van der Waals surface area contributed by atoms with Gasteiger partial charge in [-0.2, -0.15) is 0 Å². The van der Waals surface area contributed by atoms with E-state index < -0.39 is 24.1 Å². The van der Waals surface area contributed by atoms with Gasteiger partial charge in [0, 0.05) is 4.90 Å². The summed E-state index contributed by atoms with van der Waals surface area (Å²) >= 11 is 0. The van der Waals surface area contributed by atoms with Gasteiger partial charge in [0.15, 0.2) is 0 Å². The Labute approximate surface area is 188 Å². The molecule has 164 valence electrons. The molecule has 0 bridgehead atoms. The highest BCUT2D eigenvalue weighted by Gasteiger charge is 2.50. The van der Waals surface area contributed by atoms with Gasteiger partial charge in [-0.05, 0) is 34.0 Å². The van der Waals surface area contributed by atoms with Gasteiger partial charge in [-0.25, -0.2) is 4.21 Å². The van der Waals surface area contributed by atoms with Crippen molar-refractivity contribution in [3.05, 3.63) is 91.0 Å². The number of rotatable bonds is 7.